The molecule has 1 atom stereocenters. The Balaban J connectivity index is 1.22. The van der Waals surface area contributed by atoms with Crippen molar-refractivity contribution in [1.82, 2.24) is 20.4 Å². The van der Waals surface area contributed by atoms with Crippen LogP contribution in [0, 0.1) is 0 Å². The average molecular weight is 382 g/mol. The molecule has 2 N–H and O–H groups in total. The molecule has 1 aromatic rings. The molecular weight excluding hydrogens is 356 g/mol. The van der Waals surface area contributed by atoms with Crippen LogP contribution in [-0.2, 0) is 21.5 Å². The quantitative estimate of drug-likeness (QED) is 0.765. The van der Waals surface area contributed by atoms with Crippen LogP contribution in [0.4, 0.5) is 4.79 Å². The maximum atomic E-state index is 13.1. The molecule has 1 unspecified atom stereocenters. The van der Waals surface area contributed by atoms with Crippen molar-refractivity contribution in [2.24, 2.45) is 0 Å². The van der Waals surface area contributed by atoms with Crippen molar-refractivity contribution in [3.63, 3.8) is 0 Å². The lowest BCUT2D eigenvalue weighted by molar-refractivity contribution is -0.135. The molecule has 0 bridgehead atoms. The molecule has 3 fully saturated rings. The van der Waals surface area contributed by atoms with Crippen LogP contribution in [0.25, 0.3) is 0 Å². The van der Waals surface area contributed by atoms with E-state index in [4.69, 9.17) is 0 Å². The van der Waals surface area contributed by atoms with Gasteiger partial charge in [-0.3, -0.25) is 14.5 Å². The van der Waals surface area contributed by atoms with Crippen molar-refractivity contribution in [3.8, 4) is 0 Å². The highest BCUT2D eigenvalue weighted by Crippen LogP contribution is 2.41. The molecule has 1 spiro atoms. The summed E-state index contributed by atoms with van der Waals surface area (Å²) in [6, 6.07) is 8.14. The number of nitrogens with one attached hydrogen (secondary N) is 2. The van der Waals surface area contributed by atoms with Crippen LogP contribution in [-0.4, -0.2) is 59.4 Å². The van der Waals surface area contributed by atoms with E-state index in [0.29, 0.717) is 6.42 Å². The predicted octanol–water partition coefficient (Wildman–Crippen LogP) is 1.12. The van der Waals surface area contributed by atoms with Crippen molar-refractivity contribution in [3.05, 3.63) is 35.4 Å². The van der Waals surface area contributed by atoms with Crippen molar-refractivity contribution < 1.29 is 14.4 Å². The first-order valence-corrected chi connectivity index (χ1v) is 10.3. The fraction of sp³-hybridized carbons (Fsp3) is 0.571. The molecule has 7 nitrogen and oxygen atoms in total. The third-order valence-corrected chi connectivity index (χ3v) is 6.68. The number of benzene rings is 1. The summed E-state index contributed by atoms with van der Waals surface area (Å²) in [6.07, 6.45) is 5.76. The van der Waals surface area contributed by atoms with Gasteiger partial charge in [0.1, 0.15) is 12.1 Å². The van der Waals surface area contributed by atoms with E-state index in [9.17, 15) is 14.4 Å². The molecule has 5 rings (SSSR count). The van der Waals surface area contributed by atoms with Gasteiger partial charge in [0.15, 0.2) is 0 Å². The third-order valence-electron chi connectivity index (χ3n) is 6.68. The predicted molar refractivity (Wildman–Crippen MR) is 102 cm³/mol. The molecule has 4 aliphatic rings. The Bertz CT molecular complexity index is 829. The summed E-state index contributed by atoms with van der Waals surface area (Å²) >= 11 is 0. The Kier molecular flexibility index (Phi) is 4.16. The van der Waals surface area contributed by atoms with Crippen LogP contribution in [0.5, 0.6) is 0 Å². The summed E-state index contributed by atoms with van der Waals surface area (Å²) < 4.78 is 0. The summed E-state index contributed by atoms with van der Waals surface area (Å²) in [6.45, 7) is 1.81. The van der Waals surface area contributed by atoms with Crippen molar-refractivity contribution >= 4 is 17.8 Å². The number of nitrogens with zero attached hydrogens (tertiary/aromatic N) is 2. The van der Waals surface area contributed by atoms with Gasteiger partial charge >= 0.3 is 6.03 Å². The molecule has 2 aliphatic carbocycles. The van der Waals surface area contributed by atoms with E-state index in [1.54, 1.807) is 0 Å². The first-order valence-electron chi connectivity index (χ1n) is 10.3. The van der Waals surface area contributed by atoms with Crippen LogP contribution >= 0.6 is 0 Å². The van der Waals surface area contributed by atoms with Crippen LogP contribution in [0.15, 0.2) is 24.3 Å². The number of likely N-dealkylation sites (tertiary alicyclic amines) is 1. The second-order valence-corrected chi connectivity index (χ2v) is 8.49. The van der Waals surface area contributed by atoms with E-state index in [2.05, 4.69) is 15.5 Å². The number of urea groups is 1. The summed E-state index contributed by atoms with van der Waals surface area (Å²) in [7, 11) is 0. The average Bonchev–Trinajstić information content (AvgIpc) is 3.44. The van der Waals surface area contributed by atoms with Gasteiger partial charge in [-0.1, -0.05) is 24.3 Å². The van der Waals surface area contributed by atoms with Gasteiger partial charge in [-0.25, -0.2) is 4.79 Å². The highest BCUT2D eigenvalue weighted by molar-refractivity contribution is 6.09. The van der Waals surface area contributed by atoms with E-state index >= 15 is 0 Å². The van der Waals surface area contributed by atoms with E-state index in [1.807, 2.05) is 24.3 Å². The number of hydrogen-bond acceptors (Lipinski definition) is 4. The van der Waals surface area contributed by atoms with Gasteiger partial charge in [0.05, 0.1) is 0 Å². The maximum absolute atomic E-state index is 13.1. The van der Waals surface area contributed by atoms with Gasteiger partial charge in [0, 0.05) is 25.2 Å². The summed E-state index contributed by atoms with van der Waals surface area (Å²) in [5.41, 5.74) is 0.956. The standard InChI is InChI=1S/C21H26N4O3/c26-18(22-15-8-11-24(12-9-15)16-5-6-16)13-25-19(27)21(23-20(25)28)10-7-14-3-1-2-4-17(14)21/h1-4,15-16H,5-13H2,(H,22,26)(H,23,28). The smallest absolute Gasteiger partial charge is 0.325 e. The minimum absolute atomic E-state index is 0.129. The molecule has 2 aliphatic heterocycles. The van der Waals surface area contributed by atoms with Gasteiger partial charge in [0.25, 0.3) is 5.91 Å². The molecule has 2 heterocycles. The molecule has 0 radical (unpaired) electrons. The molecule has 1 aromatic carbocycles. The molecule has 1 saturated carbocycles. The third kappa shape index (κ3) is 2.89. The number of imide groups is 1. The Morgan fingerprint density at radius 2 is 1.89 bits per heavy atom. The minimum atomic E-state index is -0.996. The van der Waals surface area contributed by atoms with Crippen LogP contribution in [0.1, 0.15) is 43.2 Å². The molecule has 7 heteroatoms. The molecular formula is C21H26N4O3. The summed E-state index contributed by atoms with van der Waals surface area (Å²) in [5, 5.41) is 5.90. The maximum Gasteiger partial charge on any atom is 0.325 e. The van der Waals surface area contributed by atoms with Crippen molar-refractivity contribution in [1.29, 1.82) is 0 Å². The van der Waals surface area contributed by atoms with Crippen LogP contribution < -0.4 is 10.6 Å². The number of fused-ring (bicyclic) bond motifs is 2. The van der Waals surface area contributed by atoms with E-state index in [1.165, 1.54) is 12.8 Å². The first kappa shape index (κ1) is 17.7. The Morgan fingerprint density at radius 3 is 2.64 bits per heavy atom. The number of hydrogen-bond donors (Lipinski definition) is 2. The molecule has 148 valence electrons. The highest BCUT2D eigenvalue weighted by Gasteiger charge is 2.55. The van der Waals surface area contributed by atoms with Gasteiger partial charge in [-0.05, 0) is 49.7 Å². The molecule has 2 saturated heterocycles. The first-order chi connectivity index (χ1) is 13.6. The highest BCUT2D eigenvalue weighted by atomic mass is 16.2. The number of carbonyl (C=O) groups is 3. The van der Waals surface area contributed by atoms with Gasteiger partial charge < -0.3 is 15.5 Å². The van der Waals surface area contributed by atoms with Crippen LogP contribution in [0.3, 0.4) is 0 Å². The largest absolute Gasteiger partial charge is 0.352 e. The normalized spacial score (nSPS) is 27.9. The van der Waals surface area contributed by atoms with E-state index in [-0.39, 0.29) is 24.4 Å². The number of amides is 4. The Morgan fingerprint density at radius 1 is 1.14 bits per heavy atom. The van der Waals surface area contributed by atoms with Gasteiger partial charge in [-0.2, -0.15) is 0 Å². The lowest BCUT2D eigenvalue weighted by Crippen LogP contribution is -2.49. The lowest BCUT2D eigenvalue weighted by Gasteiger charge is -2.32. The second kappa shape index (κ2) is 6.58. The Labute approximate surface area is 164 Å². The Hall–Kier alpha value is -2.41. The van der Waals surface area contributed by atoms with E-state index < -0.39 is 11.6 Å². The van der Waals surface area contributed by atoms with Crippen molar-refractivity contribution in [2.75, 3.05) is 19.6 Å². The SMILES string of the molecule is O=C(CN1C(=O)NC2(CCc3ccccc32)C1=O)NC1CCN(C2CC2)CC1. The summed E-state index contributed by atoms with van der Waals surface area (Å²) in [5.74, 6) is -0.558. The lowest BCUT2D eigenvalue weighted by atomic mass is 9.92. The molecule has 28 heavy (non-hydrogen) atoms. The fourth-order valence-electron chi connectivity index (χ4n) is 5.00. The number of aryl methyl sites for hydroxylation is 1. The zero-order valence-corrected chi connectivity index (χ0v) is 15.9. The van der Waals surface area contributed by atoms with Gasteiger partial charge in [-0.15, -0.1) is 0 Å². The molecule has 0 aromatic heterocycles. The number of rotatable bonds is 4. The van der Waals surface area contributed by atoms with E-state index in [0.717, 1.165) is 54.4 Å². The van der Waals surface area contributed by atoms with Crippen molar-refractivity contribution in [2.45, 2.75) is 56.1 Å². The number of piperidine rings is 1. The number of carbonyl (C=O) groups excluding carboxylic acids is 3. The van der Waals surface area contributed by atoms with Gasteiger partial charge in [0.2, 0.25) is 5.91 Å². The zero-order valence-electron chi connectivity index (χ0n) is 15.9. The molecule has 4 amide bonds. The topological polar surface area (TPSA) is 81.8 Å². The van der Waals surface area contributed by atoms with Crippen LogP contribution in [0.2, 0.25) is 0 Å². The second-order valence-electron chi connectivity index (χ2n) is 8.49. The fourth-order valence-corrected chi connectivity index (χ4v) is 5.00. The zero-order chi connectivity index (χ0) is 19.3. The monoisotopic (exact) mass is 382 g/mol. The summed E-state index contributed by atoms with van der Waals surface area (Å²) in [4.78, 5) is 41.7. The minimum Gasteiger partial charge on any atom is -0.352 e.